The molecule has 0 amide bonds. The molecule has 46 heavy (non-hydrogen) atoms. The predicted octanol–water partition coefficient (Wildman–Crippen LogP) is 9.73. The molecule has 0 radical (unpaired) electrons. The van der Waals surface area contributed by atoms with E-state index in [-0.39, 0.29) is 35.6 Å². The number of allylic oxidation sites excluding steroid dienone is 4. The Balaban J connectivity index is 1.60. The monoisotopic (exact) mass is 643 g/mol. The highest BCUT2D eigenvalue weighted by atomic mass is 32.2. The van der Waals surface area contributed by atoms with Crippen LogP contribution in [0.4, 0.5) is 22.0 Å². The highest BCUT2D eigenvalue weighted by Gasteiger charge is 2.42. The first-order valence-electron chi connectivity index (χ1n) is 14.7. The number of halogens is 5. The summed E-state index contributed by atoms with van der Waals surface area (Å²) < 4.78 is 72.5. The zero-order valence-electron chi connectivity index (χ0n) is 24.3. The number of hydrogen-bond acceptors (Lipinski definition) is 4. The van der Waals surface area contributed by atoms with E-state index in [0.29, 0.717) is 69.1 Å². The van der Waals surface area contributed by atoms with E-state index in [1.54, 1.807) is 60.7 Å². The quantitative estimate of drug-likeness (QED) is 0.155. The Morgan fingerprint density at radius 1 is 0.870 bits per heavy atom. The number of carbonyl (C=O) groups excluding carboxylic acids is 1. The van der Waals surface area contributed by atoms with Gasteiger partial charge in [0.1, 0.15) is 18.3 Å². The van der Waals surface area contributed by atoms with Gasteiger partial charge in [-0.2, -0.15) is 23.7 Å². The third kappa shape index (κ3) is 5.86. The van der Waals surface area contributed by atoms with E-state index in [0.717, 1.165) is 0 Å². The fourth-order valence-corrected chi connectivity index (χ4v) is 7.76. The second-order valence-corrected chi connectivity index (χ2v) is 12.7. The topological polar surface area (TPSA) is 69.6 Å². The SMILES string of the molecule is N#Cc1cccc(C#N)c1-c1c(-c2cccc(C3=CC=C(C=O)CC3F)c2)n(SC2CCC(C(F)(F)F)CC2)c2ccc(F)cc12. The van der Waals surface area contributed by atoms with Crippen LogP contribution in [0, 0.1) is 34.4 Å². The average molecular weight is 644 g/mol. The van der Waals surface area contributed by atoms with Crippen molar-refractivity contribution in [2.24, 2.45) is 5.92 Å². The van der Waals surface area contributed by atoms with Crippen LogP contribution < -0.4 is 0 Å². The van der Waals surface area contributed by atoms with Gasteiger partial charge < -0.3 is 0 Å². The summed E-state index contributed by atoms with van der Waals surface area (Å²) in [6.07, 6.45) is -1.39. The first-order chi connectivity index (χ1) is 22.1. The van der Waals surface area contributed by atoms with Crippen LogP contribution in [0.15, 0.2) is 78.4 Å². The second-order valence-electron chi connectivity index (χ2n) is 11.5. The number of fused-ring (bicyclic) bond motifs is 1. The van der Waals surface area contributed by atoms with Crippen molar-refractivity contribution >= 4 is 34.7 Å². The second kappa shape index (κ2) is 12.6. The van der Waals surface area contributed by atoms with Crippen molar-refractivity contribution in [2.45, 2.75) is 49.7 Å². The van der Waals surface area contributed by atoms with Crippen molar-refractivity contribution in [3.8, 4) is 34.5 Å². The summed E-state index contributed by atoms with van der Waals surface area (Å²) in [4.78, 5) is 11.2. The molecule has 4 nitrogen and oxygen atoms in total. The molecule has 2 aliphatic rings. The molecule has 2 aliphatic carbocycles. The molecule has 0 spiro atoms. The number of carbonyl (C=O) groups is 1. The minimum Gasteiger partial charge on any atom is -0.298 e. The summed E-state index contributed by atoms with van der Waals surface area (Å²) >= 11 is 1.35. The van der Waals surface area contributed by atoms with Crippen molar-refractivity contribution in [3.05, 3.63) is 101 Å². The van der Waals surface area contributed by atoms with Crippen LogP contribution >= 0.6 is 11.9 Å². The fourth-order valence-electron chi connectivity index (χ4n) is 6.41. The van der Waals surface area contributed by atoms with Gasteiger partial charge in [0.15, 0.2) is 0 Å². The summed E-state index contributed by atoms with van der Waals surface area (Å²) in [6, 6.07) is 20.3. The van der Waals surface area contributed by atoms with Gasteiger partial charge >= 0.3 is 6.18 Å². The van der Waals surface area contributed by atoms with Crippen molar-refractivity contribution in [1.82, 2.24) is 3.97 Å². The Morgan fingerprint density at radius 2 is 1.54 bits per heavy atom. The lowest BCUT2D eigenvalue weighted by atomic mass is 9.88. The van der Waals surface area contributed by atoms with E-state index in [4.69, 9.17) is 0 Å². The Labute approximate surface area is 266 Å². The molecule has 6 rings (SSSR count). The molecular formula is C36H26F5N3OS. The zero-order valence-corrected chi connectivity index (χ0v) is 25.1. The molecule has 4 aromatic rings. The highest BCUT2D eigenvalue weighted by Crippen LogP contribution is 2.49. The molecule has 1 fully saturated rings. The van der Waals surface area contributed by atoms with Crippen LogP contribution in [-0.4, -0.2) is 27.9 Å². The van der Waals surface area contributed by atoms with Gasteiger partial charge in [-0.15, -0.1) is 0 Å². The van der Waals surface area contributed by atoms with Crippen LogP contribution in [0.25, 0.3) is 38.9 Å². The molecule has 1 aromatic heterocycles. The standard InChI is InChI=1S/C36H26F5N3OS/c37-27-10-14-32-30(17-27)34(33-24(18-42)5-2-6-25(33)19-43)35(44(32)46-28-11-8-26(9-12-28)36(39,40)41)23-4-1-3-22(16-23)29-13-7-21(20-45)15-31(29)38/h1-7,10,13-14,16-17,20,26,28,31H,8-9,11-12,15H2. The molecule has 0 aliphatic heterocycles. The van der Waals surface area contributed by atoms with E-state index in [2.05, 4.69) is 12.1 Å². The summed E-state index contributed by atoms with van der Waals surface area (Å²) in [5.74, 6) is -1.90. The Morgan fingerprint density at radius 3 is 2.17 bits per heavy atom. The third-order valence-electron chi connectivity index (χ3n) is 8.68. The number of aldehydes is 1. The summed E-state index contributed by atoms with van der Waals surface area (Å²) in [5, 5.41) is 20.5. The van der Waals surface area contributed by atoms with Gasteiger partial charge in [-0.05, 0) is 90.7 Å². The number of hydrogen-bond donors (Lipinski definition) is 0. The van der Waals surface area contributed by atoms with Crippen LogP contribution in [0.1, 0.15) is 48.8 Å². The van der Waals surface area contributed by atoms with Crippen molar-refractivity contribution < 1.29 is 26.7 Å². The molecule has 1 saturated carbocycles. The first-order valence-corrected chi connectivity index (χ1v) is 15.6. The van der Waals surface area contributed by atoms with E-state index in [1.165, 1.54) is 24.1 Å². The minimum absolute atomic E-state index is 0.00907. The molecule has 0 N–H and O–H groups in total. The van der Waals surface area contributed by atoms with Crippen molar-refractivity contribution in [3.63, 3.8) is 0 Å². The van der Waals surface area contributed by atoms with E-state index in [9.17, 15) is 32.9 Å². The van der Waals surface area contributed by atoms with Crippen LogP contribution in [0.5, 0.6) is 0 Å². The summed E-state index contributed by atoms with van der Waals surface area (Å²) in [7, 11) is 0. The largest absolute Gasteiger partial charge is 0.391 e. The molecule has 232 valence electrons. The Kier molecular flexibility index (Phi) is 8.59. The number of aromatic nitrogens is 1. The number of rotatable bonds is 6. The first kappa shape index (κ1) is 31.3. The molecule has 0 saturated heterocycles. The fraction of sp³-hybridized carbons (Fsp3) is 0.250. The molecule has 1 atom stereocenters. The molecule has 3 aromatic carbocycles. The van der Waals surface area contributed by atoms with Gasteiger partial charge in [0.25, 0.3) is 0 Å². The molecule has 0 bridgehead atoms. The highest BCUT2D eigenvalue weighted by molar-refractivity contribution is 7.98. The number of nitriles is 2. The number of nitrogens with zero attached hydrogens (tertiary/aromatic N) is 3. The lowest BCUT2D eigenvalue weighted by molar-refractivity contribution is -0.181. The minimum atomic E-state index is -4.26. The molecular weight excluding hydrogens is 617 g/mol. The molecule has 10 heteroatoms. The van der Waals surface area contributed by atoms with E-state index >= 15 is 4.39 Å². The van der Waals surface area contributed by atoms with E-state index in [1.807, 2.05) is 3.97 Å². The van der Waals surface area contributed by atoms with Gasteiger partial charge in [-0.25, -0.2) is 8.78 Å². The van der Waals surface area contributed by atoms with Gasteiger partial charge in [-0.3, -0.25) is 8.77 Å². The summed E-state index contributed by atoms with van der Waals surface area (Å²) in [5.41, 5.74) is 4.04. The van der Waals surface area contributed by atoms with Crippen LogP contribution in [0.3, 0.4) is 0 Å². The van der Waals surface area contributed by atoms with Gasteiger partial charge in [0.2, 0.25) is 0 Å². The molecule has 1 heterocycles. The number of benzene rings is 3. The van der Waals surface area contributed by atoms with Gasteiger partial charge in [0, 0.05) is 33.7 Å². The smallest absolute Gasteiger partial charge is 0.298 e. The van der Waals surface area contributed by atoms with Crippen LogP contribution in [-0.2, 0) is 4.79 Å². The van der Waals surface area contributed by atoms with Crippen LogP contribution in [0.2, 0.25) is 0 Å². The normalized spacial score (nSPS) is 20.0. The Hall–Kier alpha value is -4.67. The predicted molar refractivity (Wildman–Crippen MR) is 169 cm³/mol. The Bertz CT molecular complexity index is 1960. The molecule has 1 unspecified atom stereocenters. The van der Waals surface area contributed by atoms with Crippen molar-refractivity contribution in [2.75, 3.05) is 0 Å². The third-order valence-corrected chi connectivity index (χ3v) is 10.0. The maximum atomic E-state index is 15.3. The maximum Gasteiger partial charge on any atom is 0.391 e. The summed E-state index contributed by atoms with van der Waals surface area (Å²) in [6.45, 7) is 0. The van der Waals surface area contributed by atoms with E-state index < -0.39 is 24.1 Å². The maximum absolute atomic E-state index is 15.3. The van der Waals surface area contributed by atoms with Crippen molar-refractivity contribution in [1.29, 1.82) is 10.5 Å². The van der Waals surface area contributed by atoms with Gasteiger partial charge in [-0.1, -0.05) is 36.4 Å². The lowest BCUT2D eigenvalue weighted by Crippen LogP contribution is -2.28. The number of alkyl halides is 4. The zero-order chi connectivity index (χ0) is 32.6. The lowest BCUT2D eigenvalue weighted by Gasteiger charge is -2.30. The van der Waals surface area contributed by atoms with Gasteiger partial charge in [0.05, 0.1) is 40.4 Å². The average Bonchev–Trinajstić information content (AvgIpc) is 3.36.